The average molecular weight is 401 g/mol. The molecule has 4 rings (SSSR count). The minimum Gasteiger partial charge on any atom is -0.303 e. The molecule has 0 atom stereocenters. The maximum atomic E-state index is 11.9. The van der Waals surface area contributed by atoms with Gasteiger partial charge in [-0.15, -0.1) is 21.5 Å². The highest BCUT2D eigenvalue weighted by atomic mass is 32.2. The summed E-state index contributed by atoms with van der Waals surface area (Å²) < 4.78 is 3.89. The van der Waals surface area contributed by atoms with Gasteiger partial charge in [0.15, 0.2) is 11.0 Å². The van der Waals surface area contributed by atoms with Crippen LogP contribution >= 0.6 is 34.4 Å². The highest BCUT2D eigenvalue weighted by Crippen LogP contribution is 2.30. The maximum Gasteiger partial charge on any atom is 0.307 e. The number of nitrogens with zero attached hydrogens (tertiary/aromatic N) is 4. The van der Waals surface area contributed by atoms with Crippen LogP contribution in [0.4, 0.5) is 0 Å². The van der Waals surface area contributed by atoms with Gasteiger partial charge < -0.3 is 4.57 Å². The van der Waals surface area contributed by atoms with E-state index in [2.05, 4.69) is 33.0 Å². The molecule has 0 radical (unpaired) electrons. The summed E-state index contributed by atoms with van der Waals surface area (Å²) in [5.74, 6) is 1.60. The molecule has 8 heteroatoms. The number of aryl methyl sites for hydroxylation is 1. The van der Waals surface area contributed by atoms with E-state index in [1.807, 2.05) is 41.9 Å². The van der Waals surface area contributed by atoms with Crippen LogP contribution in [0.5, 0.6) is 0 Å². The van der Waals surface area contributed by atoms with Crippen molar-refractivity contribution >= 4 is 34.4 Å². The predicted octanol–water partition coefficient (Wildman–Crippen LogP) is 4.32. The van der Waals surface area contributed by atoms with Gasteiger partial charge in [0.05, 0.1) is 4.88 Å². The lowest BCUT2D eigenvalue weighted by Gasteiger charge is -2.09. The predicted molar refractivity (Wildman–Crippen MR) is 109 cm³/mol. The number of hydrogen-bond acceptors (Lipinski definition) is 6. The SMILES string of the molecule is Cc1csc(=O)n1CCSc1nnc(-c2cccs2)n1-c1ccccc1. The van der Waals surface area contributed by atoms with Crippen LogP contribution in [0.2, 0.25) is 0 Å². The second-order valence-electron chi connectivity index (χ2n) is 5.60. The molecule has 0 aliphatic carbocycles. The first-order chi connectivity index (χ1) is 12.7. The van der Waals surface area contributed by atoms with Gasteiger partial charge in [-0.25, -0.2) is 0 Å². The normalized spacial score (nSPS) is 11.1. The first-order valence-electron chi connectivity index (χ1n) is 8.06. The van der Waals surface area contributed by atoms with Gasteiger partial charge in [0.25, 0.3) is 0 Å². The molecule has 0 amide bonds. The molecular formula is C18H16N4OS3. The Morgan fingerprint density at radius 2 is 1.92 bits per heavy atom. The highest BCUT2D eigenvalue weighted by Gasteiger charge is 2.16. The van der Waals surface area contributed by atoms with E-state index in [0.29, 0.717) is 6.54 Å². The van der Waals surface area contributed by atoms with Crippen molar-refractivity contribution in [1.29, 1.82) is 0 Å². The second kappa shape index (κ2) is 7.61. The average Bonchev–Trinajstić information content (AvgIpc) is 3.38. The Balaban J connectivity index is 1.63. The molecular weight excluding hydrogens is 384 g/mol. The van der Waals surface area contributed by atoms with E-state index in [9.17, 15) is 4.79 Å². The molecule has 0 aliphatic heterocycles. The summed E-state index contributed by atoms with van der Waals surface area (Å²) in [5.41, 5.74) is 2.04. The number of thioether (sulfide) groups is 1. The van der Waals surface area contributed by atoms with Gasteiger partial charge in [0.1, 0.15) is 0 Å². The summed E-state index contributed by atoms with van der Waals surface area (Å²) in [7, 11) is 0. The van der Waals surface area contributed by atoms with Crippen LogP contribution in [0.15, 0.2) is 63.2 Å². The van der Waals surface area contributed by atoms with Crippen molar-refractivity contribution in [2.75, 3.05) is 5.75 Å². The fraction of sp³-hybridized carbons (Fsp3) is 0.167. The number of rotatable bonds is 6. The molecule has 0 saturated carbocycles. The summed E-state index contributed by atoms with van der Waals surface area (Å²) >= 11 is 4.51. The number of thiazole rings is 1. The fourth-order valence-corrected chi connectivity index (χ4v) is 4.98. The molecule has 0 spiro atoms. The summed E-state index contributed by atoms with van der Waals surface area (Å²) in [5, 5.41) is 13.6. The van der Waals surface area contributed by atoms with Crippen LogP contribution in [0.3, 0.4) is 0 Å². The summed E-state index contributed by atoms with van der Waals surface area (Å²) in [6.45, 7) is 2.62. The van der Waals surface area contributed by atoms with Crippen LogP contribution < -0.4 is 4.87 Å². The molecule has 0 aliphatic rings. The van der Waals surface area contributed by atoms with E-state index < -0.39 is 0 Å². The van der Waals surface area contributed by atoms with Crippen LogP contribution in [0.1, 0.15) is 5.69 Å². The van der Waals surface area contributed by atoms with Gasteiger partial charge in [0, 0.05) is 29.1 Å². The lowest BCUT2D eigenvalue weighted by atomic mass is 10.3. The monoisotopic (exact) mass is 400 g/mol. The number of aromatic nitrogens is 4. The van der Waals surface area contributed by atoms with E-state index in [0.717, 1.165) is 33.0 Å². The van der Waals surface area contributed by atoms with Gasteiger partial charge in [-0.05, 0) is 30.5 Å². The van der Waals surface area contributed by atoms with Crippen molar-refractivity contribution in [1.82, 2.24) is 19.3 Å². The zero-order chi connectivity index (χ0) is 17.9. The molecule has 3 aromatic heterocycles. The lowest BCUT2D eigenvalue weighted by molar-refractivity contribution is 0.729. The van der Waals surface area contributed by atoms with E-state index in [-0.39, 0.29) is 4.87 Å². The summed E-state index contributed by atoms with van der Waals surface area (Å²) in [4.78, 5) is 13.0. The van der Waals surface area contributed by atoms with Gasteiger partial charge >= 0.3 is 4.87 Å². The standard InChI is InChI=1S/C18H16N4OS3/c1-13-12-26-18(23)21(13)9-11-25-17-20-19-16(15-8-5-10-24-15)22(17)14-6-3-2-4-7-14/h2-8,10,12H,9,11H2,1H3. The molecule has 0 fully saturated rings. The Labute approximate surface area is 163 Å². The number of benzene rings is 1. The molecule has 132 valence electrons. The first kappa shape index (κ1) is 17.3. The highest BCUT2D eigenvalue weighted by molar-refractivity contribution is 7.99. The smallest absolute Gasteiger partial charge is 0.303 e. The largest absolute Gasteiger partial charge is 0.307 e. The Morgan fingerprint density at radius 3 is 2.62 bits per heavy atom. The zero-order valence-electron chi connectivity index (χ0n) is 14.0. The first-order valence-corrected chi connectivity index (χ1v) is 10.8. The van der Waals surface area contributed by atoms with Crippen LogP contribution in [0, 0.1) is 6.92 Å². The molecule has 26 heavy (non-hydrogen) atoms. The molecule has 0 unspecified atom stereocenters. The maximum absolute atomic E-state index is 11.9. The number of para-hydroxylation sites is 1. The summed E-state index contributed by atoms with van der Waals surface area (Å²) in [6, 6.07) is 14.2. The Kier molecular flexibility index (Phi) is 5.05. The van der Waals surface area contributed by atoms with E-state index in [1.54, 1.807) is 27.7 Å². The van der Waals surface area contributed by atoms with Gasteiger partial charge in [-0.2, -0.15) is 0 Å². The van der Waals surface area contributed by atoms with Crippen molar-refractivity contribution in [2.45, 2.75) is 18.6 Å². The molecule has 0 N–H and O–H groups in total. The third-order valence-corrected chi connectivity index (χ3v) is 6.57. The van der Waals surface area contributed by atoms with Crippen LogP contribution in [0.25, 0.3) is 16.4 Å². The second-order valence-corrected chi connectivity index (χ2v) is 8.43. The lowest BCUT2D eigenvalue weighted by Crippen LogP contribution is -2.16. The van der Waals surface area contributed by atoms with Crippen molar-refractivity contribution in [2.24, 2.45) is 0 Å². The topological polar surface area (TPSA) is 52.7 Å². The number of hydrogen-bond donors (Lipinski definition) is 0. The molecule has 4 aromatic rings. The van der Waals surface area contributed by atoms with E-state index in [4.69, 9.17) is 0 Å². The third-order valence-electron chi connectivity index (χ3n) is 3.91. The zero-order valence-corrected chi connectivity index (χ0v) is 16.5. The van der Waals surface area contributed by atoms with Crippen LogP contribution in [-0.2, 0) is 6.54 Å². The van der Waals surface area contributed by atoms with Gasteiger partial charge in [0.2, 0.25) is 0 Å². The van der Waals surface area contributed by atoms with Crippen molar-refractivity contribution in [3.05, 3.63) is 68.6 Å². The van der Waals surface area contributed by atoms with E-state index >= 15 is 0 Å². The fourth-order valence-electron chi connectivity index (χ4n) is 2.64. The molecule has 5 nitrogen and oxygen atoms in total. The Morgan fingerprint density at radius 1 is 1.08 bits per heavy atom. The molecule has 3 heterocycles. The number of thiophene rings is 1. The van der Waals surface area contributed by atoms with Gasteiger partial charge in [-0.3, -0.25) is 9.36 Å². The Bertz CT molecular complexity index is 1050. The van der Waals surface area contributed by atoms with Crippen molar-refractivity contribution in [3.63, 3.8) is 0 Å². The van der Waals surface area contributed by atoms with Crippen LogP contribution in [-0.4, -0.2) is 25.1 Å². The van der Waals surface area contributed by atoms with Crippen molar-refractivity contribution in [3.8, 4) is 16.4 Å². The van der Waals surface area contributed by atoms with Gasteiger partial charge in [-0.1, -0.05) is 47.4 Å². The van der Waals surface area contributed by atoms with E-state index in [1.165, 1.54) is 11.3 Å². The minimum absolute atomic E-state index is 0.0897. The molecule has 1 aromatic carbocycles. The summed E-state index contributed by atoms with van der Waals surface area (Å²) in [6.07, 6.45) is 0. The quantitative estimate of drug-likeness (QED) is 0.452. The van der Waals surface area contributed by atoms with Crippen molar-refractivity contribution < 1.29 is 0 Å². The molecule has 0 saturated heterocycles. The third kappa shape index (κ3) is 3.40. The molecule has 0 bridgehead atoms. The Hall–Kier alpha value is -2.16. The minimum atomic E-state index is 0.0897.